The molecule has 0 aliphatic heterocycles. The zero-order chi connectivity index (χ0) is 12.7. The number of aliphatic carboxylic acids is 1. The molecule has 2 N–H and O–H groups in total. The zero-order valence-corrected chi connectivity index (χ0v) is 9.97. The predicted octanol–water partition coefficient (Wildman–Crippen LogP) is 1.19. The third-order valence-corrected chi connectivity index (χ3v) is 2.27. The predicted molar refractivity (Wildman–Crippen MR) is 57.9 cm³/mol. The lowest BCUT2D eigenvalue weighted by Crippen LogP contribution is -2.24. The monoisotopic (exact) mass is 232 g/mol. The Morgan fingerprint density at radius 1 is 1.25 bits per heavy atom. The number of hydrogen-bond acceptors (Lipinski definition) is 4. The van der Waals surface area contributed by atoms with Crippen molar-refractivity contribution in [1.29, 1.82) is 0 Å². The largest absolute Gasteiger partial charge is 0.481 e. The molecule has 0 aromatic rings. The van der Waals surface area contributed by atoms with Crippen LogP contribution in [0.2, 0.25) is 0 Å². The van der Waals surface area contributed by atoms with E-state index in [1.807, 2.05) is 0 Å². The summed E-state index contributed by atoms with van der Waals surface area (Å²) in [6, 6.07) is 0. The SMILES string of the molecule is CCC(=O)OC(C)CC(O)CC(C)C(=O)O. The van der Waals surface area contributed by atoms with E-state index in [1.165, 1.54) is 6.92 Å². The fourth-order valence-electron chi connectivity index (χ4n) is 1.34. The maximum absolute atomic E-state index is 10.9. The summed E-state index contributed by atoms with van der Waals surface area (Å²) in [6.07, 6.45) is -0.409. The molecule has 0 saturated heterocycles. The van der Waals surface area contributed by atoms with Crippen LogP contribution in [-0.2, 0) is 14.3 Å². The first-order valence-electron chi connectivity index (χ1n) is 5.47. The van der Waals surface area contributed by atoms with Crippen molar-refractivity contribution in [1.82, 2.24) is 0 Å². The molecular weight excluding hydrogens is 212 g/mol. The number of hydrogen-bond donors (Lipinski definition) is 2. The van der Waals surface area contributed by atoms with Crippen LogP contribution in [0.1, 0.15) is 40.0 Å². The van der Waals surface area contributed by atoms with E-state index in [1.54, 1.807) is 13.8 Å². The van der Waals surface area contributed by atoms with Gasteiger partial charge in [-0.2, -0.15) is 0 Å². The molecule has 0 bridgehead atoms. The highest BCUT2D eigenvalue weighted by Crippen LogP contribution is 2.12. The molecule has 0 fully saturated rings. The number of carboxylic acid groups (broad SMARTS) is 1. The quantitative estimate of drug-likeness (QED) is 0.644. The molecule has 5 heteroatoms. The van der Waals surface area contributed by atoms with Gasteiger partial charge in [0, 0.05) is 12.8 Å². The number of rotatable bonds is 7. The number of aliphatic hydroxyl groups is 1. The van der Waals surface area contributed by atoms with Crippen LogP contribution in [0, 0.1) is 5.92 Å². The van der Waals surface area contributed by atoms with Gasteiger partial charge >= 0.3 is 11.9 Å². The van der Waals surface area contributed by atoms with E-state index in [-0.39, 0.29) is 24.9 Å². The maximum Gasteiger partial charge on any atom is 0.306 e. The summed E-state index contributed by atoms with van der Waals surface area (Å²) in [5.41, 5.74) is 0. The van der Waals surface area contributed by atoms with E-state index in [9.17, 15) is 14.7 Å². The van der Waals surface area contributed by atoms with Crippen molar-refractivity contribution in [2.75, 3.05) is 0 Å². The van der Waals surface area contributed by atoms with Crippen molar-refractivity contribution >= 4 is 11.9 Å². The molecule has 0 radical (unpaired) electrons. The van der Waals surface area contributed by atoms with Gasteiger partial charge in [-0.1, -0.05) is 13.8 Å². The van der Waals surface area contributed by atoms with Gasteiger partial charge in [-0.25, -0.2) is 0 Å². The smallest absolute Gasteiger partial charge is 0.306 e. The molecule has 0 heterocycles. The van der Waals surface area contributed by atoms with E-state index < -0.39 is 18.0 Å². The van der Waals surface area contributed by atoms with E-state index in [4.69, 9.17) is 9.84 Å². The molecule has 0 aromatic carbocycles. The van der Waals surface area contributed by atoms with Crippen molar-refractivity contribution in [2.24, 2.45) is 5.92 Å². The minimum Gasteiger partial charge on any atom is -0.481 e. The van der Waals surface area contributed by atoms with Crippen molar-refractivity contribution in [3.63, 3.8) is 0 Å². The lowest BCUT2D eigenvalue weighted by Gasteiger charge is -2.18. The molecule has 0 saturated carbocycles. The normalized spacial score (nSPS) is 16.2. The van der Waals surface area contributed by atoms with Gasteiger partial charge in [-0.15, -0.1) is 0 Å². The molecule has 94 valence electrons. The third kappa shape index (κ3) is 6.40. The van der Waals surface area contributed by atoms with Gasteiger partial charge in [0.1, 0.15) is 6.10 Å². The van der Waals surface area contributed by atoms with Crippen molar-refractivity contribution in [3.8, 4) is 0 Å². The Morgan fingerprint density at radius 2 is 1.81 bits per heavy atom. The molecule has 3 unspecified atom stereocenters. The van der Waals surface area contributed by atoms with Crippen LogP contribution >= 0.6 is 0 Å². The molecule has 0 aliphatic carbocycles. The Morgan fingerprint density at radius 3 is 2.25 bits per heavy atom. The van der Waals surface area contributed by atoms with Crippen LogP contribution in [0.5, 0.6) is 0 Å². The average molecular weight is 232 g/mol. The number of carboxylic acids is 1. The van der Waals surface area contributed by atoms with Crippen LogP contribution in [-0.4, -0.2) is 34.4 Å². The molecule has 0 spiro atoms. The first kappa shape index (κ1) is 14.9. The summed E-state index contributed by atoms with van der Waals surface area (Å²) in [4.78, 5) is 21.5. The summed E-state index contributed by atoms with van der Waals surface area (Å²) in [6.45, 7) is 4.91. The summed E-state index contributed by atoms with van der Waals surface area (Å²) < 4.78 is 4.97. The van der Waals surface area contributed by atoms with Gasteiger partial charge in [0.05, 0.1) is 12.0 Å². The molecular formula is C11H20O5. The van der Waals surface area contributed by atoms with Crippen molar-refractivity contribution in [3.05, 3.63) is 0 Å². The van der Waals surface area contributed by atoms with Crippen LogP contribution < -0.4 is 0 Å². The fraction of sp³-hybridized carbons (Fsp3) is 0.818. The minimum absolute atomic E-state index is 0.170. The Hall–Kier alpha value is -1.10. The maximum atomic E-state index is 10.9. The number of carbonyl (C=O) groups is 2. The summed E-state index contributed by atoms with van der Waals surface area (Å²) in [5, 5.41) is 18.2. The van der Waals surface area contributed by atoms with Gasteiger partial charge in [-0.05, 0) is 13.3 Å². The molecule has 16 heavy (non-hydrogen) atoms. The highest BCUT2D eigenvalue weighted by molar-refractivity contribution is 5.69. The lowest BCUT2D eigenvalue weighted by molar-refractivity contribution is -0.150. The highest BCUT2D eigenvalue weighted by Gasteiger charge is 2.19. The minimum atomic E-state index is -0.933. The van der Waals surface area contributed by atoms with E-state index in [2.05, 4.69) is 0 Å². The Bertz CT molecular complexity index is 239. The topological polar surface area (TPSA) is 83.8 Å². The van der Waals surface area contributed by atoms with Crippen LogP contribution in [0.3, 0.4) is 0 Å². The lowest BCUT2D eigenvalue weighted by atomic mass is 10.0. The Kier molecular flexibility index (Phi) is 6.72. The summed E-state index contributed by atoms with van der Waals surface area (Å²) in [7, 11) is 0. The number of esters is 1. The Labute approximate surface area is 95.4 Å². The second kappa shape index (κ2) is 7.22. The fourth-order valence-corrected chi connectivity index (χ4v) is 1.34. The van der Waals surface area contributed by atoms with Crippen LogP contribution in [0.15, 0.2) is 0 Å². The number of carbonyl (C=O) groups excluding carboxylic acids is 1. The van der Waals surface area contributed by atoms with Crippen molar-refractivity contribution < 1.29 is 24.5 Å². The summed E-state index contributed by atoms with van der Waals surface area (Å²) >= 11 is 0. The van der Waals surface area contributed by atoms with Gasteiger partial charge in [0.15, 0.2) is 0 Å². The van der Waals surface area contributed by atoms with E-state index >= 15 is 0 Å². The molecule has 0 aromatic heterocycles. The highest BCUT2D eigenvalue weighted by atomic mass is 16.5. The third-order valence-electron chi connectivity index (χ3n) is 2.27. The summed E-state index contributed by atoms with van der Waals surface area (Å²) in [5.74, 6) is -1.84. The van der Waals surface area contributed by atoms with E-state index in [0.717, 1.165) is 0 Å². The first-order valence-corrected chi connectivity index (χ1v) is 5.47. The molecule has 0 aliphatic rings. The van der Waals surface area contributed by atoms with Crippen LogP contribution in [0.4, 0.5) is 0 Å². The van der Waals surface area contributed by atoms with Crippen LogP contribution in [0.25, 0.3) is 0 Å². The Balaban J connectivity index is 3.90. The van der Waals surface area contributed by atoms with Gasteiger partial charge < -0.3 is 14.9 Å². The van der Waals surface area contributed by atoms with Gasteiger partial charge in [0.25, 0.3) is 0 Å². The first-order chi connectivity index (χ1) is 7.36. The molecule has 0 rings (SSSR count). The standard InChI is InChI=1S/C11H20O5/c1-4-10(13)16-8(3)6-9(12)5-7(2)11(14)15/h7-9,12H,4-6H2,1-3H3,(H,14,15). The van der Waals surface area contributed by atoms with E-state index in [0.29, 0.717) is 6.42 Å². The second-order valence-electron chi connectivity index (χ2n) is 4.02. The van der Waals surface area contributed by atoms with Gasteiger partial charge in [0.2, 0.25) is 0 Å². The number of aliphatic hydroxyl groups excluding tert-OH is 1. The molecule has 0 amide bonds. The van der Waals surface area contributed by atoms with Crippen molar-refractivity contribution in [2.45, 2.75) is 52.2 Å². The van der Waals surface area contributed by atoms with Gasteiger partial charge in [-0.3, -0.25) is 9.59 Å². The average Bonchev–Trinajstić information content (AvgIpc) is 2.16. The molecule has 3 atom stereocenters. The molecule has 5 nitrogen and oxygen atoms in total. The number of ether oxygens (including phenoxy) is 1. The second-order valence-corrected chi connectivity index (χ2v) is 4.02. The zero-order valence-electron chi connectivity index (χ0n) is 9.97.